The highest BCUT2D eigenvalue weighted by atomic mass is 32.2. The number of ether oxygens (including phenoxy) is 2. The number of hydrogen-bond acceptors (Lipinski definition) is 10. The molecule has 2 N–H and O–H groups in total. The van der Waals surface area contributed by atoms with Gasteiger partial charge in [0.05, 0.1) is 53.3 Å². The Kier molecular flexibility index (Phi) is 7.55. The third-order valence-corrected chi connectivity index (χ3v) is 8.04. The Morgan fingerprint density at radius 3 is 2.44 bits per heavy atom. The molecule has 0 atom stereocenters. The number of aryl methyl sites for hydroxylation is 1. The van der Waals surface area contributed by atoms with Crippen LogP contribution in [0.5, 0.6) is 11.5 Å². The van der Waals surface area contributed by atoms with E-state index in [2.05, 4.69) is 15.1 Å². The topological polar surface area (TPSA) is 149 Å². The van der Waals surface area contributed by atoms with Gasteiger partial charge < -0.3 is 14.4 Å². The second kappa shape index (κ2) is 11.2. The van der Waals surface area contributed by atoms with Crippen LogP contribution < -0.4 is 19.9 Å². The molecule has 0 bridgehead atoms. The predicted molar refractivity (Wildman–Crippen MR) is 151 cm³/mol. The number of para-hydroxylation sites is 2. The number of carbonyl (C=O) groups excluding carboxylic acids is 1. The number of pyridine rings is 2. The second-order valence-corrected chi connectivity index (χ2v) is 10.8. The minimum absolute atomic E-state index is 0.0482. The molecule has 12 nitrogen and oxygen atoms in total. The van der Waals surface area contributed by atoms with Gasteiger partial charge in [-0.3, -0.25) is 15.0 Å². The number of hydrogen-bond donors (Lipinski definition) is 2. The van der Waals surface area contributed by atoms with E-state index in [1.165, 1.54) is 43.6 Å². The summed E-state index contributed by atoms with van der Waals surface area (Å²) >= 11 is 0. The van der Waals surface area contributed by atoms with Gasteiger partial charge in [0.2, 0.25) is 0 Å². The number of benzene rings is 2. The van der Waals surface area contributed by atoms with Crippen molar-refractivity contribution in [3.8, 4) is 17.2 Å². The molecule has 41 heavy (non-hydrogen) atoms. The molecule has 13 heteroatoms. The summed E-state index contributed by atoms with van der Waals surface area (Å²) in [4.78, 5) is 23.1. The number of nitrogens with zero attached hydrogens (tertiary/aromatic N) is 5. The molecule has 5 rings (SSSR count). The van der Waals surface area contributed by atoms with Crippen molar-refractivity contribution in [1.82, 2.24) is 25.2 Å². The van der Waals surface area contributed by atoms with Gasteiger partial charge in [-0.05, 0) is 55.5 Å². The first-order chi connectivity index (χ1) is 19.8. The molecule has 0 aliphatic carbocycles. The fourth-order valence-corrected chi connectivity index (χ4v) is 5.84. The highest BCUT2D eigenvalue weighted by molar-refractivity contribution is 7.91. The molecule has 0 spiro atoms. The lowest BCUT2D eigenvalue weighted by atomic mass is 10.1. The number of carbonyl (C=O) groups is 1. The van der Waals surface area contributed by atoms with Crippen LogP contribution in [0.2, 0.25) is 0 Å². The van der Waals surface area contributed by atoms with Crippen molar-refractivity contribution in [2.45, 2.75) is 11.8 Å². The van der Waals surface area contributed by atoms with Crippen LogP contribution in [0.25, 0.3) is 16.7 Å². The van der Waals surface area contributed by atoms with E-state index in [1.54, 1.807) is 59.7 Å². The zero-order valence-corrected chi connectivity index (χ0v) is 23.2. The first-order valence-corrected chi connectivity index (χ1v) is 13.9. The monoisotopic (exact) mass is 574 g/mol. The van der Waals surface area contributed by atoms with Crippen LogP contribution in [0.15, 0.2) is 84.1 Å². The van der Waals surface area contributed by atoms with Crippen LogP contribution in [0.1, 0.15) is 16.1 Å². The van der Waals surface area contributed by atoms with Crippen molar-refractivity contribution in [3.05, 3.63) is 90.5 Å². The SMILES string of the molecule is COc1ccc(S(=O)(=O)CN(c2cccnc2)c2c(C(=O)NO)cnc3c2c(C)nn3-c2ccccc2OC)cc1. The highest BCUT2D eigenvalue weighted by Gasteiger charge is 2.30. The Bertz CT molecular complexity index is 1820. The highest BCUT2D eigenvalue weighted by Crippen LogP contribution is 2.39. The maximum absolute atomic E-state index is 13.8. The van der Waals surface area contributed by atoms with Crippen LogP contribution in [-0.4, -0.2) is 59.4 Å². The quantitative estimate of drug-likeness (QED) is 0.196. The number of hydroxylamine groups is 1. The van der Waals surface area contributed by atoms with Crippen molar-refractivity contribution < 1.29 is 27.9 Å². The standard InChI is InChI=1S/C28H26N6O6S/c1-18-25-26(22(28(35)32-36)16-30-27(25)34(31-18)23-8-4-5-9-24(23)40-3)33(19-7-6-14-29-15-19)17-41(37,38)21-12-10-20(39-2)11-13-21/h4-16,36H,17H2,1-3H3,(H,32,35). The Morgan fingerprint density at radius 2 is 1.78 bits per heavy atom. The molecule has 210 valence electrons. The van der Waals surface area contributed by atoms with Gasteiger partial charge in [-0.15, -0.1) is 0 Å². The van der Waals surface area contributed by atoms with E-state index in [9.17, 15) is 18.4 Å². The zero-order chi connectivity index (χ0) is 29.1. The van der Waals surface area contributed by atoms with E-state index in [0.717, 1.165) is 0 Å². The van der Waals surface area contributed by atoms with Crippen molar-refractivity contribution in [2.24, 2.45) is 0 Å². The Morgan fingerprint density at radius 1 is 1.02 bits per heavy atom. The largest absolute Gasteiger partial charge is 0.497 e. The Hall–Kier alpha value is -5.01. The van der Waals surface area contributed by atoms with Gasteiger partial charge in [-0.2, -0.15) is 5.10 Å². The van der Waals surface area contributed by atoms with Crippen LogP contribution in [0, 0.1) is 6.92 Å². The first kappa shape index (κ1) is 27.6. The first-order valence-electron chi connectivity index (χ1n) is 12.3. The summed E-state index contributed by atoms with van der Waals surface area (Å²) in [5.41, 5.74) is 3.51. The summed E-state index contributed by atoms with van der Waals surface area (Å²) in [6.45, 7) is 1.72. The number of fused-ring (bicyclic) bond motifs is 1. The van der Waals surface area contributed by atoms with E-state index >= 15 is 0 Å². The van der Waals surface area contributed by atoms with Crippen molar-refractivity contribution in [3.63, 3.8) is 0 Å². The molecule has 1 amide bonds. The summed E-state index contributed by atoms with van der Waals surface area (Å²) in [5, 5.41) is 14.7. The zero-order valence-electron chi connectivity index (χ0n) is 22.3. The minimum atomic E-state index is -3.99. The lowest BCUT2D eigenvalue weighted by Gasteiger charge is -2.27. The van der Waals surface area contributed by atoms with Gasteiger partial charge in [0.15, 0.2) is 15.5 Å². The molecule has 3 aromatic heterocycles. The van der Waals surface area contributed by atoms with Gasteiger partial charge in [0, 0.05) is 12.4 Å². The van der Waals surface area contributed by atoms with E-state index in [-0.39, 0.29) is 16.1 Å². The molecule has 0 saturated heterocycles. The predicted octanol–water partition coefficient (Wildman–Crippen LogP) is 3.83. The average Bonchev–Trinajstić information content (AvgIpc) is 3.35. The number of amides is 1. The molecular weight excluding hydrogens is 548 g/mol. The van der Waals surface area contributed by atoms with Crippen molar-refractivity contribution in [1.29, 1.82) is 0 Å². The lowest BCUT2D eigenvalue weighted by molar-refractivity contribution is 0.0707. The molecule has 2 aromatic carbocycles. The van der Waals surface area contributed by atoms with Crippen molar-refractivity contribution in [2.75, 3.05) is 25.0 Å². The van der Waals surface area contributed by atoms with E-state index < -0.39 is 21.6 Å². The number of methoxy groups -OCH3 is 2. The average molecular weight is 575 g/mol. The summed E-state index contributed by atoms with van der Waals surface area (Å²) in [7, 11) is -0.961. The lowest BCUT2D eigenvalue weighted by Crippen LogP contribution is -2.29. The van der Waals surface area contributed by atoms with Crippen LogP contribution >= 0.6 is 0 Å². The third kappa shape index (κ3) is 5.15. The Balaban J connectivity index is 1.78. The fourth-order valence-electron chi connectivity index (χ4n) is 4.52. The summed E-state index contributed by atoms with van der Waals surface area (Å²) in [6.07, 6.45) is 4.30. The van der Waals surface area contributed by atoms with Gasteiger partial charge in [0.25, 0.3) is 5.91 Å². The Labute approximate surface area is 235 Å². The molecule has 0 radical (unpaired) electrons. The summed E-state index contributed by atoms with van der Waals surface area (Å²) < 4.78 is 39.8. The molecule has 0 unspecified atom stereocenters. The van der Waals surface area contributed by atoms with E-state index in [1.807, 2.05) is 12.1 Å². The number of rotatable bonds is 9. The van der Waals surface area contributed by atoms with Crippen LogP contribution in [0.3, 0.4) is 0 Å². The van der Waals surface area contributed by atoms with Crippen molar-refractivity contribution >= 4 is 38.2 Å². The summed E-state index contributed by atoms with van der Waals surface area (Å²) in [5.74, 6) is -0.418. The second-order valence-electron chi connectivity index (χ2n) is 8.89. The normalized spacial score (nSPS) is 11.3. The smallest absolute Gasteiger partial charge is 0.278 e. The minimum Gasteiger partial charge on any atom is -0.497 e. The van der Waals surface area contributed by atoms with E-state index in [0.29, 0.717) is 39.6 Å². The molecular formula is C28H26N6O6S. The van der Waals surface area contributed by atoms with Gasteiger partial charge >= 0.3 is 0 Å². The molecule has 0 fully saturated rings. The number of sulfone groups is 1. The molecule has 0 aliphatic rings. The number of anilines is 2. The molecule has 5 aromatic rings. The maximum Gasteiger partial charge on any atom is 0.278 e. The van der Waals surface area contributed by atoms with Gasteiger partial charge in [0.1, 0.15) is 23.1 Å². The fraction of sp³-hybridized carbons (Fsp3) is 0.143. The number of nitrogens with one attached hydrogen (secondary N) is 1. The maximum atomic E-state index is 13.8. The molecule has 0 saturated carbocycles. The van der Waals surface area contributed by atoms with Crippen LogP contribution in [-0.2, 0) is 9.84 Å². The van der Waals surface area contributed by atoms with Gasteiger partial charge in [-0.25, -0.2) is 23.6 Å². The summed E-state index contributed by atoms with van der Waals surface area (Å²) in [6, 6.07) is 16.5. The van der Waals surface area contributed by atoms with Crippen LogP contribution in [0.4, 0.5) is 11.4 Å². The van der Waals surface area contributed by atoms with Gasteiger partial charge in [-0.1, -0.05) is 12.1 Å². The molecule has 0 aliphatic heterocycles. The third-order valence-electron chi connectivity index (χ3n) is 6.45. The number of aromatic nitrogens is 4. The molecule has 3 heterocycles. The van der Waals surface area contributed by atoms with E-state index in [4.69, 9.17) is 9.47 Å².